The lowest BCUT2D eigenvalue weighted by molar-refractivity contribution is 0.326. The minimum absolute atomic E-state index is 0.159. The Bertz CT molecular complexity index is 341. The van der Waals surface area contributed by atoms with Crippen LogP contribution in [0.25, 0.3) is 0 Å². The van der Waals surface area contributed by atoms with Crippen molar-refractivity contribution in [3.05, 3.63) is 36.0 Å². The van der Waals surface area contributed by atoms with Crippen molar-refractivity contribution in [2.45, 2.75) is 51.2 Å². The molecule has 0 heterocycles. The first-order valence-corrected chi connectivity index (χ1v) is 6.79. The summed E-state index contributed by atoms with van der Waals surface area (Å²) in [5.74, 6) is 0.448. The third-order valence-corrected chi connectivity index (χ3v) is 3.78. The van der Waals surface area contributed by atoms with Gasteiger partial charge in [0.25, 0.3) is 0 Å². The van der Waals surface area contributed by atoms with Crippen LogP contribution in [0.1, 0.15) is 33.1 Å². The Labute approximate surface area is 105 Å². The van der Waals surface area contributed by atoms with Crippen LogP contribution in [0, 0.1) is 5.92 Å². The predicted molar refractivity (Wildman–Crippen MR) is 73.7 cm³/mol. The normalized spacial score (nSPS) is 33.1. The second kappa shape index (κ2) is 5.65. The van der Waals surface area contributed by atoms with Crippen LogP contribution in [0.15, 0.2) is 36.0 Å². The average Bonchev–Trinajstić information content (AvgIpc) is 2.29. The molecule has 0 aromatic carbocycles. The van der Waals surface area contributed by atoms with Gasteiger partial charge in [-0.3, -0.25) is 0 Å². The number of hydrogen-bond donors (Lipinski definition) is 2. The highest BCUT2D eigenvalue weighted by Gasteiger charge is 2.31. The average molecular weight is 232 g/mol. The van der Waals surface area contributed by atoms with Crippen molar-refractivity contribution in [1.29, 1.82) is 0 Å². The van der Waals surface area contributed by atoms with Gasteiger partial charge in [0.15, 0.2) is 0 Å². The number of hydrogen-bond acceptors (Lipinski definition) is 2. The van der Waals surface area contributed by atoms with Gasteiger partial charge in [0.1, 0.15) is 0 Å². The highest BCUT2D eigenvalue weighted by molar-refractivity contribution is 5.37. The topological polar surface area (TPSA) is 38.0 Å². The number of allylic oxidation sites excluding steroid dienone is 3. The molecule has 2 aliphatic rings. The van der Waals surface area contributed by atoms with Gasteiger partial charge in [-0.2, -0.15) is 0 Å². The van der Waals surface area contributed by atoms with E-state index in [0.29, 0.717) is 18.0 Å². The van der Waals surface area contributed by atoms with Crippen LogP contribution in [0.5, 0.6) is 0 Å². The van der Waals surface area contributed by atoms with E-state index in [0.717, 1.165) is 6.42 Å². The predicted octanol–water partition coefficient (Wildman–Crippen LogP) is 2.53. The van der Waals surface area contributed by atoms with Gasteiger partial charge >= 0.3 is 0 Å². The molecule has 0 amide bonds. The molecule has 2 nitrogen and oxygen atoms in total. The summed E-state index contributed by atoms with van der Waals surface area (Å²) in [4.78, 5) is 0. The molecule has 2 heteroatoms. The van der Waals surface area contributed by atoms with Crippen LogP contribution < -0.4 is 11.1 Å². The zero-order valence-electron chi connectivity index (χ0n) is 10.9. The molecule has 0 aliphatic heterocycles. The maximum Gasteiger partial charge on any atom is 0.0311 e. The summed E-state index contributed by atoms with van der Waals surface area (Å²) in [5, 5.41) is 3.74. The number of rotatable bonds is 4. The van der Waals surface area contributed by atoms with Gasteiger partial charge in [-0.1, -0.05) is 43.7 Å². The first-order valence-electron chi connectivity index (χ1n) is 6.79. The van der Waals surface area contributed by atoms with Gasteiger partial charge in [-0.25, -0.2) is 0 Å². The zero-order chi connectivity index (χ0) is 12.3. The summed E-state index contributed by atoms with van der Waals surface area (Å²) < 4.78 is 0. The molecule has 4 atom stereocenters. The Morgan fingerprint density at radius 2 is 2.35 bits per heavy atom. The van der Waals surface area contributed by atoms with Gasteiger partial charge < -0.3 is 11.1 Å². The molecule has 0 fully saturated rings. The maximum atomic E-state index is 6.23. The molecule has 0 aromatic rings. The minimum Gasteiger partial charge on any atom is -0.324 e. The first kappa shape index (κ1) is 12.6. The van der Waals surface area contributed by atoms with Crippen molar-refractivity contribution in [3.63, 3.8) is 0 Å². The lowest BCUT2D eigenvalue weighted by atomic mass is 9.77. The monoisotopic (exact) mass is 232 g/mol. The highest BCUT2D eigenvalue weighted by atomic mass is 15.0. The smallest absolute Gasteiger partial charge is 0.0311 e. The Balaban J connectivity index is 2.06. The summed E-state index contributed by atoms with van der Waals surface area (Å²) in [6, 6.07) is 1.23. The lowest BCUT2D eigenvalue weighted by Gasteiger charge is -2.37. The van der Waals surface area contributed by atoms with E-state index < -0.39 is 0 Å². The fourth-order valence-corrected chi connectivity index (χ4v) is 2.97. The summed E-state index contributed by atoms with van der Waals surface area (Å²) in [5.41, 5.74) is 7.61. The first-order chi connectivity index (χ1) is 8.22. The second-order valence-corrected chi connectivity index (χ2v) is 5.26. The van der Waals surface area contributed by atoms with Gasteiger partial charge in [0.05, 0.1) is 0 Å². The molecule has 0 saturated heterocycles. The molecule has 2 aliphatic carbocycles. The lowest BCUT2D eigenvalue weighted by Crippen LogP contribution is -2.49. The molecular formula is C15H24N2. The third kappa shape index (κ3) is 2.88. The largest absolute Gasteiger partial charge is 0.324 e. The molecule has 0 radical (unpaired) electrons. The zero-order valence-corrected chi connectivity index (χ0v) is 10.9. The molecule has 17 heavy (non-hydrogen) atoms. The highest BCUT2D eigenvalue weighted by Crippen LogP contribution is 2.30. The molecule has 3 N–H and O–H groups in total. The molecular weight excluding hydrogens is 208 g/mol. The van der Waals surface area contributed by atoms with Crippen molar-refractivity contribution in [3.8, 4) is 0 Å². The molecule has 0 spiro atoms. The van der Waals surface area contributed by atoms with Crippen LogP contribution in [-0.4, -0.2) is 18.1 Å². The van der Waals surface area contributed by atoms with E-state index in [1.807, 2.05) is 0 Å². The van der Waals surface area contributed by atoms with Gasteiger partial charge in [0, 0.05) is 24.0 Å². The summed E-state index contributed by atoms with van der Waals surface area (Å²) in [6.07, 6.45) is 14.5. The van der Waals surface area contributed by atoms with Gasteiger partial charge in [-0.15, -0.1) is 0 Å². The molecule has 4 unspecified atom stereocenters. The van der Waals surface area contributed by atoms with Crippen molar-refractivity contribution < 1.29 is 0 Å². The van der Waals surface area contributed by atoms with Crippen LogP contribution >= 0.6 is 0 Å². The Kier molecular flexibility index (Phi) is 4.19. The van der Waals surface area contributed by atoms with Gasteiger partial charge in [0.2, 0.25) is 0 Å². The number of fused-ring (bicyclic) bond motifs is 1. The van der Waals surface area contributed by atoms with E-state index in [1.54, 1.807) is 0 Å². The van der Waals surface area contributed by atoms with Gasteiger partial charge in [-0.05, 0) is 25.3 Å². The Morgan fingerprint density at radius 3 is 3.12 bits per heavy atom. The van der Waals surface area contributed by atoms with Crippen molar-refractivity contribution in [1.82, 2.24) is 5.32 Å². The molecule has 94 valence electrons. The van der Waals surface area contributed by atoms with Crippen LogP contribution in [0.4, 0.5) is 0 Å². The Hall–Kier alpha value is -0.860. The van der Waals surface area contributed by atoms with Crippen LogP contribution in [0.3, 0.4) is 0 Å². The van der Waals surface area contributed by atoms with Crippen LogP contribution in [0.2, 0.25) is 0 Å². The quantitative estimate of drug-likeness (QED) is 0.781. The van der Waals surface area contributed by atoms with Crippen LogP contribution in [-0.2, 0) is 0 Å². The van der Waals surface area contributed by atoms with E-state index in [1.165, 1.54) is 18.4 Å². The van der Waals surface area contributed by atoms with Crippen molar-refractivity contribution >= 4 is 0 Å². The standard InChI is InChI=1S/C15H24N2/c1-3-6-11(2)17-14-10-5-8-12-7-4-9-13(16)15(12)14/h4-5,7-9,11,13-15,17H,3,6,10,16H2,1-2H3. The van der Waals surface area contributed by atoms with E-state index in [-0.39, 0.29) is 6.04 Å². The van der Waals surface area contributed by atoms with E-state index in [9.17, 15) is 0 Å². The van der Waals surface area contributed by atoms with E-state index in [2.05, 4.69) is 49.5 Å². The third-order valence-electron chi connectivity index (χ3n) is 3.78. The fourth-order valence-electron chi connectivity index (χ4n) is 2.97. The van der Waals surface area contributed by atoms with E-state index in [4.69, 9.17) is 5.73 Å². The summed E-state index contributed by atoms with van der Waals surface area (Å²) in [6.45, 7) is 4.51. The molecule has 0 saturated carbocycles. The summed E-state index contributed by atoms with van der Waals surface area (Å²) in [7, 11) is 0. The fraction of sp³-hybridized carbons (Fsp3) is 0.600. The minimum atomic E-state index is 0.159. The molecule has 2 rings (SSSR count). The SMILES string of the molecule is CCCC(C)NC1CC=CC2=CC=CC(N)C21. The summed E-state index contributed by atoms with van der Waals surface area (Å²) >= 11 is 0. The Morgan fingerprint density at radius 1 is 1.53 bits per heavy atom. The van der Waals surface area contributed by atoms with Crippen molar-refractivity contribution in [2.24, 2.45) is 11.7 Å². The van der Waals surface area contributed by atoms with E-state index >= 15 is 0 Å². The number of nitrogens with one attached hydrogen (secondary N) is 1. The second-order valence-electron chi connectivity index (χ2n) is 5.26. The maximum absolute atomic E-state index is 6.23. The number of nitrogens with two attached hydrogens (primary N) is 1. The molecule has 0 aromatic heterocycles. The molecule has 0 bridgehead atoms. The van der Waals surface area contributed by atoms with Crippen molar-refractivity contribution in [2.75, 3.05) is 0 Å².